The van der Waals surface area contributed by atoms with Crippen LogP contribution >= 0.6 is 0 Å². The van der Waals surface area contributed by atoms with E-state index in [0.717, 1.165) is 78.3 Å². The maximum absolute atomic E-state index is 5.53. The normalized spacial score (nSPS) is 14.6. The Morgan fingerprint density at radius 3 is 2.32 bits per heavy atom. The van der Waals surface area contributed by atoms with Gasteiger partial charge in [0.05, 0.1) is 30.0 Å². The van der Waals surface area contributed by atoms with Crippen LogP contribution in [-0.4, -0.2) is 46.5 Å². The van der Waals surface area contributed by atoms with E-state index in [2.05, 4.69) is 41.1 Å². The van der Waals surface area contributed by atoms with Crippen LogP contribution in [0.5, 0.6) is 0 Å². The molecule has 146 valence electrons. The van der Waals surface area contributed by atoms with Crippen LogP contribution in [0.25, 0.3) is 22.3 Å². The van der Waals surface area contributed by atoms with E-state index in [4.69, 9.17) is 14.7 Å². The van der Waals surface area contributed by atoms with E-state index < -0.39 is 0 Å². The van der Waals surface area contributed by atoms with Crippen LogP contribution < -0.4 is 4.90 Å². The highest BCUT2D eigenvalue weighted by molar-refractivity contribution is 5.93. The van der Waals surface area contributed by atoms with Crippen LogP contribution in [0.3, 0.4) is 0 Å². The number of morpholine rings is 1. The lowest BCUT2D eigenvalue weighted by Gasteiger charge is -2.29. The zero-order valence-electron chi connectivity index (χ0n) is 16.7. The second-order valence-corrected chi connectivity index (χ2v) is 7.15. The van der Waals surface area contributed by atoms with Crippen molar-refractivity contribution in [3.8, 4) is 11.4 Å². The number of benzene rings is 1. The first-order chi connectivity index (χ1) is 13.8. The fraction of sp³-hybridized carbons (Fsp3) is 0.455. The number of aromatic nitrogens is 4. The van der Waals surface area contributed by atoms with Gasteiger partial charge in [0.25, 0.3) is 0 Å². The molecule has 0 aliphatic carbocycles. The fourth-order valence-electron chi connectivity index (χ4n) is 3.69. The molecule has 2 aromatic heterocycles. The molecule has 28 heavy (non-hydrogen) atoms. The lowest BCUT2D eigenvalue weighted by molar-refractivity contribution is 0.122. The summed E-state index contributed by atoms with van der Waals surface area (Å²) >= 11 is 0. The van der Waals surface area contributed by atoms with Gasteiger partial charge in [-0.1, -0.05) is 57.0 Å². The van der Waals surface area contributed by atoms with Crippen molar-refractivity contribution in [3.63, 3.8) is 0 Å². The quantitative estimate of drug-likeness (QED) is 0.650. The van der Waals surface area contributed by atoms with Gasteiger partial charge in [0, 0.05) is 18.7 Å². The van der Waals surface area contributed by atoms with E-state index in [-0.39, 0.29) is 0 Å². The van der Waals surface area contributed by atoms with Crippen molar-refractivity contribution in [1.29, 1.82) is 0 Å². The van der Waals surface area contributed by atoms with Crippen molar-refractivity contribution in [2.24, 2.45) is 0 Å². The molecule has 6 heteroatoms. The molecule has 1 aromatic carbocycles. The first-order valence-corrected chi connectivity index (χ1v) is 10.3. The Morgan fingerprint density at radius 2 is 1.61 bits per heavy atom. The molecule has 0 unspecified atom stereocenters. The maximum atomic E-state index is 5.53. The summed E-state index contributed by atoms with van der Waals surface area (Å²) in [6, 6.07) is 10.2. The van der Waals surface area contributed by atoms with Crippen LogP contribution in [0.2, 0.25) is 0 Å². The first kappa shape index (κ1) is 18.7. The van der Waals surface area contributed by atoms with Gasteiger partial charge >= 0.3 is 0 Å². The summed E-state index contributed by atoms with van der Waals surface area (Å²) in [7, 11) is 0. The molecule has 0 amide bonds. The summed E-state index contributed by atoms with van der Waals surface area (Å²) in [5, 5.41) is 10.3. The number of fused-ring (bicyclic) bond motifs is 1. The maximum Gasteiger partial charge on any atom is 0.162 e. The predicted octanol–water partition coefficient (Wildman–Crippen LogP) is 3.83. The Morgan fingerprint density at radius 1 is 0.893 bits per heavy atom. The van der Waals surface area contributed by atoms with Gasteiger partial charge < -0.3 is 9.64 Å². The van der Waals surface area contributed by atoms with Gasteiger partial charge in [0.1, 0.15) is 5.52 Å². The van der Waals surface area contributed by atoms with Gasteiger partial charge in [0.2, 0.25) is 0 Å². The molecule has 3 heterocycles. The second kappa shape index (κ2) is 8.61. The van der Waals surface area contributed by atoms with Crippen molar-refractivity contribution in [3.05, 3.63) is 41.7 Å². The highest BCUT2D eigenvalue weighted by Gasteiger charge is 2.22. The molecule has 0 radical (unpaired) electrons. The van der Waals surface area contributed by atoms with E-state index in [0.29, 0.717) is 13.2 Å². The highest BCUT2D eigenvalue weighted by Crippen LogP contribution is 2.31. The van der Waals surface area contributed by atoms with Crippen LogP contribution in [0.15, 0.2) is 30.3 Å². The molecule has 6 nitrogen and oxygen atoms in total. The molecule has 0 saturated carbocycles. The molecular weight excluding hydrogens is 350 g/mol. The number of aryl methyl sites for hydroxylation is 2. The second-order valence-electron chi connectivity index (χ2n) is 7.15. The van der Waals surface area contributed by atoms with Crippen molar-refractivity contribution < 1.29 is 4.74 Å². The van der Waals surface area contributed by atoms with Gasteiger partial charge in [-0.15, -0.1) is 5.10 Å². The van der Waals surface area contributed by atoms with Crippen LogP contribution in [0.1, 0.15) is 38.1 Å². The first-order valence-electron chi connectivity index (χ1n) is 10.3. The predicted molar refractivity (Wildman–Crippen MR) is 112 cm³/mol. The molecular formula is C22H27N5O. The molecule has 0 bridgehead atoms. The average molecular weight is 377 g/mol. The average Bonchev–Trinajstić information content (AvgIpc) is 2.75. The van der Waals surface area contributed by atoms with E-state index >= 15 is 0 Å². The molecule has 1 aliphatic rings. The number of hydrogen-bond acceptors (Lipinski definition) is 6. The Kier molecular flexibility index (Phi) is 5.76. The van der Waals surface area contributed by atoms with E-state index in [9.17, 15) is 0 Å². The Labute approximate surface area is 166 Å². The largest absolute Gasteiger partial charge is 0.378 e. The molecule has 0 spiro atoms. The molecule has 4 rings (SSSR count). The monoisotopic (exact) mass is 377 g/mol. The van der Waals surface area contributed by atoms with E-state index in [1.165, 1.54) is 0 Å². The lowest BCUT2D eigenvalue weighted by atomic mass is 10.1. The Bertz CT molecular complexity index is 939. The zero-order chi connectivity index (χ0) is 19.3. The third-order valence-electron chi connectivity index (χ3n) is 5.06. The summed E-state index contributed by atoms with van der Waals surface area (Å²) < 4.78 is 5.53. The molecule has 0 atom stereocenters. The topological polar surface area (TPSA) is 64.0 Å². The van der Waals surface area contributed by atoms with Gasteiger partial charge in [0.15, 0.2) is 11.6 Å². The molecule has 1 saturated heterocycles. The van der Waals surface area contributed by atoms with Crippen LogP contribution in [0, 0.1) is 0 Å². The van der Waals surface area contributed by atoms with Gasteiger partial charge in [-0.05, 0) is 12.8 Å². The SMILES string of the molecule is CCCc1nnc(N2CCOCC2)c2c(CCC)nc(-c3ccccc3)nc12. The molecule has 1 aliphatic heterocycles. The minimum Gasteiger partial charge on any atom is -0.378 e. The number of nitrogens with zero attached hydrogens (tertiary/aromatic N) is 5. The number of ether oxygens (including phenoxy) is 1. The third-order valence-corrected chi connectivity index (χ3v) is 5.06. The van der Waals surface area contributed by atoms with Crippen LogP contribution in [0.4, 0.5) is 5.82 Å². The third kappa shape index (κ3) is 3.69. The summed E-state index contributed by atoms with van der Waals surface area (Å²) in [6.07, 6.45) is 3.79. The van der Waals surface area contributed by atoms with Crippen LogP contribution in [-0.2, 0) is 17.6 Å². The zero-order valence-corrected chi connectivity index (χ0v) is 16.7. The standard InChI is InChI=1S/C22H27N5O/c1-3-8-17-19-20(24-21(23-17)16-10-6-5-7-11-16)18(9-4-2)25-26-22(19)27-12-14-28-15-13-27/h5-7,10-11H,3-4,8-9,12-15H2,1-2H3. The number of hydrogen-bond donors (Lipinski definition) is 0. The molecule has 0 N–H and O–H groups in total. The summed E-state index contributed by atoms with van der Waals surface area (Å²) in [5.74, 6) is 1.68. The summed E-state index contributed by atoms with van der Waals surface area (Å²) in [4.78, 5) is 12.2. The molecule has 1 fully saturated rings. The number of anilines is 1. The highest BCUT2D eigenvalue weighted by atomic mass is 16.5. The van der Waals surface area contributed by atoms with Crippen molar-refractivity contribution in [2.75, 3.05) is 31.2 Å². The minimum absolute atomic E-state index is 0.714. The van der Waals surface area contributed by atoms with Crippen molar-refractivity contribution in [2.45, 2.75) is 39.5 Å². The fourth-order valence-corrected chi connectivity index (χ4v) is 3.69. The number of rotatable bonds is 6. The lowest BCUT2D eigenvalue weighted by Crippen LogP contribution is -2.37. The summed E-state index contributed by atoms with van der Waals surface area (Å²) in [5.41, 5.74) is 4.02. The smallest absolute Gasteiger partial charge is 0.162 e. The summed E-state index contributed by atoms with van der Waals surface area (Å²) in [6.45, 7) is 7.42. The molecule has 3 aromatic rings. The Hall–Kier alpha value is -2.60. The minimum atomic E-state index is 0.714. The van der Waals surface area contributed by atoms with E-state index in [1.54, 1.807) is 0 Å². The van der Waals surface area contributed by atoms with Crippen molar-refractivity contribution in [1.82, 2.24) is 20.2 Å². The van der Waals surface area contributed by atoms with Gasteiger partial charge in [-0.25, -0.2) is 9.97 Å². The Balaban J connectivity index is 1.95. The van der Waals surface area contributed by atoms with Crippen molar-refractivity contribution >= 4 is 16.7 Å². The van der Waals surface area contributed by atoms with E-state index in [1.807, 2.05) is 18.2 Å². The van der Waals surface area contributed by atoms with Gasteiger partial charge in [-0.2, -0.15) is 5.10 Å². The van der Waals surface area contributed by atoms with Gasteiger partial charge in [-0.3, -0.25) is 0 Å².